The van der Waals surface area contributed by atoms with Gasteiger partial charge in [0.1, 0.15) is 17.4 Å². The first-order valence-electron chi connectivity index (χ1n) is 9.42. The normalized spacial score (nSPS) is 14.9. The first-order valence-corrected chi connectivity index (χ1v) is 9.42. The van der Waals surface area contributed by atoms with Gasteiger partial charge in [-0.25, -0.2) is 19.9 Å². The van der Waals surface area contributed by atoms with Crippen LogP contribution in [0.5, 0.6) is 0 Å². The standard InChI is InChI=1S/C20H23N7O/c1-13-4-3-5-15(10-13)25-18-17-16(23-12-24-18)11-22-20(26-17)27-8-6-14(7-9-27)19(28)21-2/h3-5,10-12,14H,6-9H2,1-2H3,(H,21,28)(H,23,24,25). The monoisotopic (exact) mass is 377 g/mol. The molecule has 1 aromatic carbocycles. The topological polar surface area (TPSA) is 95.9 Å². The minimum absolute atomic E-state index is 0.0589. The quantitative estimate of drug-likeness (QED) is 0.721. The van der Waals surface area contributed by atoms with Crippen molar-refractivity contribution in [1.29, 1.82) is 0 Å². The smallest absolute Gasteiger partial charge is 0.226 e. The van der Waals surface area contributed by atoms with Crippen LogP contribution in [0.2, 0.25) is 0 Å². The molecule has 3 heterocycles. The summed E-state index contributed by atoms with van der Waals surface area (Å²) in [6.07, 6.45) is 4.82. The molecular formula is C20H23N7O. The number of benzene rings is 1. The summed E-state index contributed by atoms with van der Waals surface area (Å²) >= 11 is 0. The van der Waals surface area contributed by atoms with Crippen LogP contribution in [-0.2, 0) is 4.79 Å². The summed E-state index contributed by atoms with van der Waals surface area (Å²) in [6.45, 7) is 3.54. The number of nitrogens with one attached hydrogen (secondary N) is 2. The van der Waals surface area contributed by atoms with Crippen molar-refractivity contribution < 1.29 is 4.79 Å². The fourth-order valence-electron chi connectivity index (χ4n) is 3.49. The van der Waals surface area contributed by atoms with E-state index in [-0.39, 0.29) is 11.8 Å². The van der Waals surface area contributed by atoms with Gasteiger partial charge < -0.3 is 15.5 Å². The average molecular weight is 377 g/mol. The Morgan fingerprint density at radius 1 is 1.18 bits per heavy atom. The Labute approximate surface area is 163 Å². The largest absolute Gasteiger partial charge is 0.359 e. The number of aryl methyl sites for hydroxylation is 1. The number of amides is 1. The lowest BCUT2D eigenvalue weighted by Gasteiger charge is -2.31. The van der Waals surface area contributed by atoms with Crippen LogP contribution in [0.1, 0.15) is 18.4 Å². The lowest BCUT2D eigenvalue weighted by molar-refractivity contribution is -0.125. The van der Waals surface area contributed by atoms with Crippen LogP contribution in [0.4, 0.5) is 17.5 Å². The molecular weight excluding hydrogens is 354 g/mol. The summed E-state index contributed by atoms with van der Waals surface area (Å²) < 4.78 is 0. The second kappa shape index (κ2) is 7.75. The molecule has 2 aromatic heterocycles. The number of hydrogen-bond donors (Lipinski definition) is 2. The Kier molecular flexibility index (Phi) is 5.01. The zero-order valence-electron chi connectivity index (χ0n) is 16.0. The van der Waals surface area contributed by atoms with Gasteiger partial charge in [0.15, 0.2) is 5.82 Å². The number of fused-ring (bicyclic) bond motifs is 1. The fourth-order valence-corrected chi connectivity index (χ4v) is 3.49. The summed E-state index contributed by atoms with van der Waals surface area (Å²) in [6, 6.07) is 8.09. The Balaban J connectivity index is 1.59. The average Bonchev–Trinajstić information content (AvgIpc) is 2.73. The third kappa shape index (κ3) is 3.71. The third-order valence-corrected chi connectivity index (χ3v) is 5.04. The third-order valence-electron chi connectivity index (χ3n) is 5.04. The first kappa shape index (κ1) is 18.1. The van der Waals surface area contributed by atoms with Crippen molar-refractivity contribution in [3.05, 3.63) is 42.4 Å². The lowest BCUT2D eigenvalue weighted by Crippen LogP contribution is -2.40. The van der Waals surface area contributed by atoms with E-state index in [0.717, 1.165) is 37.2 Å². The molecule has 8 heteroatoms. The van der Waals surface area contributed by atoms with E-state index in [1.165, 1.54) is 6.33 Å². The van der Waals surface area contributed by atoms with Crippen molar-refractivity contribution in [3.8, 4) is 0 Å². The van der Waals surface area contributed by atoms with Crippen LogP contribution in [0.3, 0.4) is 0 Å². The maximum Gasteiger partial charge on any atom is 0.226 e. The van der Waals surface area contributed by atoms with Crippen LogP contribution < -0.4 is 15.5 Å². The van der Waals surface area contributed by atoms with Crippen molar-refractivity contribution >= 4 is 34.4 Å². The predicted octanol–water partition coefficient (Wildman–Crippen LogP) is 2.43. The van der Waals surface area contributed by atoms with Crippen molar-refractivity contribution in [2.24, 2.45) is 5.92 Å². The number of aromatic nitrogens is 4. The van der Waals surface area contributed by atoms with Gasteiger partial charge in [0.05, 0.1) is 6.20 Å². The van der Waals surface area contributed by atoms with Gasteiger partial charge in [-0.1, -0.05) is 12.1 Å². The molecule has 2 N–H and O–H groups in total. The van der Waals surface area contributed by atoms with Gasteiger partial charge in [-0.05, 0) is 37.5 Å². The zero-order valence-corrected chi connectivity index (χ0v) is 16.0. The van der Waals surface area contributed by atoms with Crippen molar-refractivity contribution in [1.82, 2.24) is 25.3 Å². The molecule has 3 aromatic rings. The second-order valence-electron chi connectivity index (χ2n) is 7.00. The van der Waals surface area contributed by atoms with E-state index in [2.05, 4.69) is 36.6 Å². The van der Waals surface area contributed by atoms with Crippen LogP contribution in [0.25, 0.3) is 11.0 Å². The molecule has 144 valence electrons. The van der Waals surface area contributed by atoms with Gasteiger partial charge in [0.25, 0.3) is 0 Å². The van der Waals surface area contributed by atoms with Crippen LogP contribution in [0.15, 0.2) is 36.8 Å². The van der Waals surface area contributed by atoms with E-state index in [1.54, 1.807) is 13.2 Å². The summed E-state index contributed by atoms with van der Waals surface area (Å²) in [5.41, 5.74) is 3.49. The Morgan fingerprint density at radius 3 is 2.75 bits per heavy atom. The summed E-state index contributed by atoms with van der Waals surface area (Å²) in [5.74, 6) is 1.46. The van der Waals surface area contributed by atoms with Crippen LogP contribution in [0, 0.1) is 12.8 Å². The van der Waals surface area contributed by atoms with Gasteiger partial charge in [-0.3, -0.25) is 4.79 Å². The summed E-state index contributed by atoms with van der Waals surface area (Å²) in [5, 5.41) is 6.07. The first-order chi connectivity index (χ1) is 13.6. The summed E-state index contributed by atoms with van der Waals surface area (Å²) in [7, 11) is 1.68. The van der Waals surface area contributed by atoms with Gasteiger partial charge in [-0.15, -0.1) is 0 Å². The molecule has 0 bridgehead atoms. The van der Waals surface area contributed by atoms with E-state index in [1.807, 2.05) is 25.1 Å². The number of anilines is 3. The highest BCUT2D eigenvalue weighted by atomic mass is 16.1. The molecule has 0 aliphatic carbocycles. The molecule has 1 amide bonds. The molecule has 0 unspecified atom stereocenters. The second-order valence-corrected chi connectivity index (χ2v) is 7.00. The summed E-state index contributed by atoms with van der Waals surface area (Å²) in [4.78, 5) is 31.8. The molecule has 0 spiro atoms. The Bertz CT molecular complexity index is 999. The van der Waals surface area contributed by atoms with E-state index in [9.17, 15) is 4.79 Å². The van der Waals surface area contributed by atoms with E-state index < -0.39 is 0 Å². The minimum Gasteiger partial charge on any atom is -0.359 e. The molecule has 0 atom stereocenters. The number of carbonyl (C=O) groups is 1. The molecule has 0 radical (unpaired) electrons. The zero-order chi connectivity index (χ0) is 19.5. The maximum absolute atomic E-state index is 11.8. The number of carbonyl (C=O) groups excluding carboxylic acids is 1. The number of rotatable bonds is 4. The van der Waals surface area contributed by atoms with E-state index in [0.29, 0.717) is 22.8 Å². The van der Waals surface area contributed by atoms with E-state index >= 15 is 0 Å². The Hall–Kier alpha value is -3.29. The molecule has 1 aliphatic heterocycles. The van der Waals surface area contributed by atoms with Crippen LogP contribution >= 0.6 is 0 Å². The highest BCUT2D eigenvalue weighted by Crippen LogP contribution is 2.25. The number of nitrogens with zero attached hydrogens (tertiary/aromatic N) is 5. The Morgan fingerprint density at radius 2 is 2.00 bits per heavy atom. The molecule has 0 saturated carbocycles. The van der Waals surface area contributed by atoms with Crippen LogP contribution in [-0.4, -0.2) is 46.0 Å². The maximum atomic E-state index is 11.8. The molecule has 1 saturated heterocycles. The fraction of sp³-hybridized carbons (Fsp3) is 0.350. The van der Waals surface area contributed by atoms with Gasteiger partial charge >= 0.3 is 0 Å². The van der Waals surface area contributed by atoms with Gasteiger partial charge in [-0.2, -0.15) is 0 Å². The molecule has 1 fully saturated rings. The number of piperidine rings is 1. The lowest BCUT2D eigenvalue weighted by atomic mass is 9.96. The van der Waals surface area contributed by atoms with Crippen molar-refractivity contribution in [2.45, 2.75) is 19.8 Å². The molecule has 8 nitrogen and oxygen atoms in total. The minimum atomic E-state index is 0.0589. The highest BCUT2D eigenvalue weighted by molar-refractivity contribution is 5.87. The SMILES string of the molecule is CNC(=O)C1CCN(c2ncc3ncnc(Nc4cccc(C)c4)c3n2)CC1. The molecule has 28 heavy (non-hydrogen) atoms. The van der Waals surface area contributed by atoms with Crippen molar-refractivity contribution in [2.75, 3.05) is 30.4 Å². The van der Waals surface area contributed by atoms with Crippen molar-refractivity contribution in [3.63, 3.8) is 0 Å². The molecule has 4 rings (SSSR count). The molecule has 1 aliphatic rings. The predicted molar refractivity (Wildman–Crippen MR) is 109 cm³/mol. The highest BCUT2D eigenvalue weighted by Gasteiger charge is 2.25. The van der Waals surface area contributed by atoms with Gasteiger partial charge in [0.2, 0.25) is 11.9 Å². The number of hydrogen-bond acceptors (Lipinski definition) is 7. The van der Waals surface area contributed by atoms with E-state index in [4.69, 9.17) is 4.98 Å². The van der Waals surface area contributed by atoms with Gasteiger partial charge in [0, 0.05) is 31.7 Å².